The molecule has 5 nitrogen and oxygen atoms in total. The first-order valence-corrected chi connectivity index (χ1v) is 8.18. The van der Waals surface area contributed by atoms with Gasteiger partial charge in [0, 0.05) is 24.7 Å². The Bertz CT molecular complexity index is 714. The third-order valence-corrected chi connectivity index (χ3v) is 4.29. The van der Waals surface area contributed by atoms with E-state index >= 15 is 0 Å². The van der Waals surface area contributed by atoms with Gasteiger partial charge in [-0.3, -0.25) is 4.90 Å². The molecule has 0 atom stereocenters. The van der Waals surface area contributed by atoms with E-state index in [-0.39, 0.29) is 11.4 Å². The molecule has 2 amide bonds. The molecule has 0 spiro atoms. The molecule has 2 aromatic carbocycles. The highest BCUT2D eigenvalue weighted by atomic mass is 16.5. The van der Waals surface area contributed by atoms with Gasteiger partial charge in [-0.25, -0.2) is 4.79 Å². The summed E-state index contributed by atoms with van der Waals surface area (Å²) in [7, 11) is 4.99. The van der Waals surface area contributed by atoms with Crippen LogP contribution in [-0.4, -0.2) is 33.8 Å². The third-order valence-electron chi connectivity index (χ3n) is 4.29. The second-order valence-electron chi connectivity index (χ2n) is 6.51. The molecule has 0 fully saturated rings. The van der Waals surface area contributed by atoms with E-state index in [4.69, 9.17) is 9.47 Å². The van der Waals surface area contributed by atoms with Crippen molar-refractivity contribution in [1.82, 2.24) is 5.32 Å². The average molecular weight is 342 g/mol. The maximum absolute atomic E-state index is 12.4. The number of carbonyl (C=O) groups is 1. The predicted molar refractivity (Wildman–Crippen MR) is 101 cm³/mol. The van der Waals surface area contributed by atoms with E-state index in [9.17, 15) is 4.79 Å². The van der Waals surface area contributed by atoms with Crippen LogP contribution in [0.5, 0.6) is 11.5 Å². The number of hydrogen-bond donors (Lipinski definition) is 1. The molecule has 0 radical (unpaired) electrons. The molecule has 0 unspecified atom stereocenters. The molecule has 0 aromatic heterocycles. The summed E-state index contributed by atoms with van der Waals surface area (Å²) in [6, 6.07) is 15.2. The number of anilines is 1. The van der Waals surface area contributed by atoms with Crippen LogP contribution in [-0.2, 0) is 5.41 Å². The number of rotatable bonds is 6. The van der Waals surface area contributed by atoms with Gasteiger partial charge in [0.05, 0.1) is 14.2 Å². The Morgan fingerprint density at radius 3 is 2.28 bits per heavy atom. The van der Waals surface area contributed by atoms with Crippen molar-refractivity contribution in [2.75, 3.05) is 32.7 Å². The number of methoxy groups -OCH3 is 2. The zero-order valence-electron chi connectivity index (χ0n) is 15.5. The summed E-state index contributed by atoms with van der Waals surface area (Å²) in [4.78, 5) is 14.0. The number of para-hydroxylation sites is 1. The number of carbonyl (C=O) groups excluding carboxylic acids is 1. The highest BCUT2D eigenvalue weighted by Crippen LogP contribution is 2.32. The van der Waals surface area contributed by atoms with Gasteiger partial charge >= 0.3 is 6.03 Å². The molecule has 0 aliphatic heterocycles. The molecule has 0 aliphatic carbocycles. The lowest BCUT2D eigenvalue weighted by molar-refractivity contribution is 0.245. The summed E-state index contributed by atoms with van der Waals surface area (Å²) in [5, 5.41) is 3.00. The normalized spacial score (nSPS) is 10.9. The van der Waals surface area contributed by atoms with Gasteiger partial charge in [0.25, 0.3) is 0 Å². The third kappa shape index (κ3) is 4.44. The molecule has 2 rings (SSSR count). The van der Waals surface area contributed by atoms with Crippen LogP contribution in [0, 0.1) is 0 Å². The van der Waals surface area contributed by atoms with Crippen LogP contribution < -0.4 is 19.7 Å². The number of nitrogens with zero attached hydrogens (tertiary/aromatic N) is 1. The van der Waals surface area contributed by atoms with Gasteiger partial charge in [-0.1, -0.05) is 38.1 Å². The molecule has 5 heteroatoms. The minimum absolute atomic E-state index is 0.139. The Hall–Kier alpha value is -2.69. The second kappa shape index (κ2) is 7.92. The Morgan fingerprint density at radius 1 is 1.04 bits per heavy atom. The lowest BCUT2D eigenvalue weighted by Crippen LogP contribution is -2.43. The van der Waals surface area contributed by atoms with E-state index in [2.05, 4.69) is 19.2 Å². The summed E-state index contributed by atoms with van der Waals surface area (Å²) in [6.45, 7) is 4.66. The van der Waals surface area contributed by atoms with Gasteiger partial charge in [-0.15, -0.1) is 0 Å². The maximum Gasteiger partial charge on any atom is 0.321 e. The lowest BCUT2D eigenvalue weighted by Gasteiger charge is -2.28. The van der Waals surface area contributed by atoms with Crippen LogP contribution in [0.15, 0.2) is 48.5 Å². The summed E-state index contributed by atoms with van der Waals surface area (Å²) in [5.41, 5.74) is 1.66. The molecule has 0 aliphatic rings. The Labute approximate surface area is 149 Å². The van der Waals surface area contributed by atoms with Crippen molar-refractivity contribution in [3.05, 3.63) is 54.1 Å². The predicted octanol–water partition coefficient (Wildman–Crippen LogP) is 3.83. The van der Waals surface area contributed by atoms with Crippen molar-refractivity contribution in [3.8, 4) is 11.5 Å². The van der Waals surface area contributed by atoms with Crippen molar-refractivity contribution in [2.24, 2.45) is 0 Å². The molecule has 134 valence electrons. The molecular formula is C20H26N2O3. The van der Waals surface area contributed by atoms with Crippen LogP contribution in [0.2, 0.25) is 0 Å². The van der Waals surface area contributed by atoms with Crippen molar-refractivity contribution < 1.29 is 14.3 Å². The zero-order valence-corrected chi connectivity index (χ0v) is 15.5. The summed E-state index contributed by atoms with van der Waals surface area (Å²) in [6.07, 6.45) is 0. The first-order valence-electron chi connectivity index (χ1n) is 8.18. The summed E-state index contributed by atoms with van der Waals surface area (Å²) in [5.74, 6) is 1.37. The minimum atomic E-state index is -0.257. The molecule has 25 heavy (non-hydrogen) atoms. The Balaban J connectivity index is 2.07. The number of urea groups is 1. The van der Waals surface area contributed by atoms with Gasteiger partial charge in [-0.2, -0.15) is 0 Å². The monoisotopic (exact) mass is 342 g/mol. The van der Waals surface area contributed by atoms with E-state index in [1.54, 1.807) is 26.2 Å². The minimum Gasteiger partial charge on any atom is -0.493 e. The number of hydrogen-bond acceptors (Lipinski definition) is 3. The summed E-state index contributed by atoms with van der Waals surface area (Å²) >= 11 is 0. The Morgan fingerprint density at radius 2 is 1.68 bits per heavy atom. The van der Waals surface area contributed by atoms with E-state index in [0.717, 1.165) is 11.3 Å². The molecule has 0 bridgehead atoms. The van der Waals surface area contributed by atoms with Gasteiger partial charge in [0.2, 0.25) is 0 Å². The van der Waals surface area contributed by atoms with E-state index in [0.29, 0.717) is 18.0 Å². The number of nitrogens with one attached hydrogen (secondary N) is 1. The van der Waals surface area contributed by atoms with Crippen molar-refractivity contribution in [2.45, 2.75) is 19.3 Å². The fraction of sp³-hybridized carbons (Fsp3) is 0.350. The molecule has 0 saturated carbocycles. The fourth-order valence-electron chi connectivity index (χ4n) is 2.54. The maximum atomic E-state index is 12.4. The molecular weight excluding hydrogens is 316 g/mol. The number of amides is 2. The Kier molecular flexibility index (Phi) is 5.91. The zero-order chi connectivity index (χ0) is 18.4. The summed E-state index contributed by atoms with van der Waals surface area (Å²) < 4.78 is 10.7. The van der Waals surface area contributed by atoms with Gasteiger partial charge in [-0.05, 0) is 29.8 Å². The molecule has 0 saturated heterocycles. The quantitative estimate of drug-likeness (QED) is 0.868. The van der Waals surface area contributed by atoms with E-state index in [1.807, 2.05) is 48.5 Å². The van der Waals surface area contributed by atoms with Crippen LogP contribution in [0.4, 0.5) is 10.5 Å². The van der Waals surface area contributed by atoms with Crippen LogP contribution in [0.1, 0.15) is 19.4 Å². The van der Waals surface area contributed by atoms with Gasteiger partial charge < -0.3 is 14.8 Å². The molecule has 1 N–H and O–H groups in total. The van der Waals surface area contributed by atoms with E-state index < -0.39 is 0 Å². The second-order valence-corrected chi connectivity index (χ2v) is 6.51. The smallest absolute Gasteiger partial charge is 0.321 e. The molecule has 2 aromatic rings. The van der Waals surface area contributed by atoms with Gasteiger partial charge in [0.15, 0.2) is 11.5 Å². The highest BCUT2D eigenvalue weighted by molar-refractivity contribution is 5.91. The van der Waals surface area contributed by atoms with E-state index in [1.165, 1.54) is 0 Å². The first-order chi connectivity index (χ1) is 11.9. The van der Waals surface area contributed by atoms with Crippen molar-refractivity contribution in [3.63, 3.8) is 0 Å². The number of ether oxygens (including phenoxy) is 2. The van der Waals surface area contributed by atoms with Crippen molar-refractivity contribution >= 4 is 11.7 Å². The average Bonchev–Trinajstić information content (AvgIpc) is 2.65. The highest BCUT2D eigenvalue weighted by Gasteiger charge is 2.24. The fourth-order valence-corrected chi connectivity index (χ4v) is 2.54. The topological polar surface area (TPSA) is 50.8 Å². The standard InChI is InChI=1S/C20H26N2O3/c1-20(2,15-11-12-17(24-4)18(13-15)25-5)14-21-19(23)22(3)16-9-7-6-8-10-16/h6-13H,14H2,1-5H3,(H,21,23). The van der Waals surface area contributed by atoms with Crippen molar-refractivity contribution in [1.29, 1.82) is 0 Å². The SMILES string of the molecule is COc1ccc(C(C)(C)CNC(=O)N(C)c2ccccc2)cc1OC. The first kappa shape index (κ1) is 18.6. The van der Waals surface area contributed by atoms with Gasteiger partial charge in [0.1, 0.15) is 0 Å². The lowest BCUT2D eigenvalue weighted by atomic mass is 9.84. The van der Waals surface area contributed by atoms with Crippen LogP contribution >= 0.6 is 0 Å². The van der Waals surface area contributed by atoms with Crippen LogP contribution in [0.3, 0.4) is 0 Å². The number of benzene rings is 2. The molecule has 0 heterocycles. The van der Waals surface area contributed by atoms with Crippen LogP contribution in [0.25, 0.3) is 0 Å². The largest absolute Gasteiger partial charge is 0.493 e.